The summed E-state index contributed by atoms with van der Waals surface area (Å²) < 4.78 is 0. The molecule has 2 nitrogen and oxygen atoms in total. The first-order chi connectivity index (χ1) is 6.91. The molecule has 1 N–H and O–H groups in total. The first-order valence-corrected chi connectivity index (χ1v) is 5.62. The minimum Gasteiger partial charge on any atom is -0.308 e. The molecule has 0 amide bonds. The van der Waals surface area contributed by atoms with Gasteiger partial charge in [-0.25, -0.2) is 0 Å². The van der Waals surface area contributed by atoms with Crippen LogP contribution in [0.4, 0.5) is 0 Å². The minimum atomic E-state index is 0.373. The molecule has 0 aliphatic rings. The molecule has 0 aliphatic heterocycles. The van der Waals surface area contributed by atoms with Gasteiger partial charge in [-0.2, -0.15) is 0 Å². The number of hydrogen-bond donors (Lipinski definition) is 1. The van der Waals surface area contributed by atoms with Gasteiger partial charge in [0.15, 0.2) is 0 Å². The molecule has 0 spiro atoms. The molecule has 0 radical (unpaired) electrons. The van der Waals surface area contributed by atoms with Crippen molar-refractivity contribution < 1.29 is 0 Å². The Labute approximate surface area is 93.1 Å². The van der Waals surface area contributed by atoms with E-state index in [2.05, 4.69) is 51.0 Å². The molecule has 1 atom stereocenters. The zero-order valence-electron chi connectivity index (χ0n) is 10.7. The van der Waals surface area contributed by atoms with E-state index in [9.17, 15) is 0 Å². The minimum absolute atomic E-state index is 0.373. The first kappa shape index (κ1) is 12.2. The van der Waals surface area contributed by atoms with Gasteiger partial charge in [0.25, 0.3) is 0 Å². The maximum atomic E-state index is 4.52. The zero-order chi connectivity index (χ0) is 11.6. The van der Waals surface area contributed by atoms with Crippen LogP contribution >= 0.6 is 0 Å². The van der Waals surface area contributed by atoms with Crippen molar-refractivity contribution in [2.24, 2.45) is 0 Å². The standard InChI is InChI=1S/C13H22N2/c1-8(2)14-11(5)13-9(3)7-10(4)15-12(13)6/h7-8,11,14H,1-6H3. The summed E-state index contributed by atoms with van der Waals surface area (Å²) in [5.41, 5.74) is 4.92. The van der Waals surface area contributed by atoms with Crippen molar-refractivity contribution in [3.05, 3.63) is 28.6 Å². The number of nitrogens with one attached hydrogen (secondary N) is 1. The van der Waals surface area contributed by atoms with Crippen LogP contribution in [0.25, 0.3) is 0 Å². The van der Waals surface area contributed by atoms with E-state index in [0.29, 0.717) is 12.1 Å². The van der Waals surface area contributed by atoms with Gasteiger partial charge in [0, 0.05) is 23.5 Å². The SMILES string of the molecule is Cc1cc(C)c(C(C)NC(C)C)c(C)n1. The average Bonchev–Trinajstić information content (AvgIpc) is 1.99. The van der Waals surface area contributed by atoms with E-state index in [1.165, 1.54) is 11.1 Å². The lowest BCUT2D eigenvalue weighted by molar-refractivity contribution is 0.501. The Kier molecular flexibility index (Phi) is 3.86. The van der Waals surface area contributed by atoms with Crippen LogP contribution in [0.1, 0.15) is 49.3 Å². The highest BCUT2D eigenvalue weighted by Crippen LogP contribution is 2.21. The lowest BCUT2D eigenvalue weighted by Gasteiger charge is -2.21. The van der Waals surface area contributed by atoms with Crippen molar-refractivity contribution in [2.75, 3.05) is 0 Å². The van der Waals surface area contributed by atoms with Crippen molar-refractivity contribution in [1.29, 1.82) is 0 Å². The maximum Gasteiger partial charge on any atom is 0.0426 e. The monoisotopic (exact) mass is 206 g/mol. The molecule has 0 fully saturated rings. The summed E-state index contributed by atoms with van der Waals surface area (Å²) in [4.78, 5) is 4.52. The molecular formula is C13H22N2. The van der Waals surface area contributed by atoms with Crippen LogP contribution in [0.15, 0.2) is 6.07 Å². The quantitative estimate of drug-likeness (QED) is 0.822. The third kappa shape index (κ3) is 3.03. The predicted octanol–water partition coefficient (Wildman–Crippen LogP) is 3.07. The largest absolute Gasteiger partial charge is 0.308 e. The van der Waals surface area contributed by atoms with E-state index in [1.54, 1.807) is 0 Å². The van der Waals surface area contributed by atoms with E-state index in [-0.39, 0.29) is 0 Å². The molecule has 1 aromatic heterocycles. The van der Waals surface area contributed by atoms with Crippen molar-refractivity contribution in [2.45, 2.75) is 53.6 Å². The summed E-state index contributed by atoms with van der Waals surface area (Å²) in [7, 11) is 0. The third-order valence-electron chi connectivity index (χ3n) is 2.60. The van der Waals surface area contributed by atoms with Gasteiger partial charge in [-0.3, -0.25) is 4.98 Å². The fourth-order valence-electron chi connectivity index (χ4n) is 2.27. The van der Waals surface area contributed by atoms with Crippen molar-refractivity contribution >= 4 is 0 Å². The summed E-state index contributed by atoms with van der Waals surface area (Å²) in [6.45, 7) is 12.8. The Hall–Kier alpha value is -0.890. The second-order valence-corrected chi connectivity index (χ2v) is 4.62. The van der Waals surface area contributed by atoms with E-state index in [1.807, 2.05) is 6.92 Å². The van der Waals surface area contributed by atoms with Crippen molar-refractivity contribution in [1.82, 2.24) is 10.3 Å². The zero-order valence-corrected chi connectivity index (χ0v) is 10.7. The number of hydrogen-bond acceptors (Lipinski definition) is 2. The number of aryl methyl sites for hydroxylation is 3. The van der Waals surface area contributed by atoms with Gasteiger partial charge in [0.1, 0.15) is 0 Å². The molecule has 1 heterocycles. The van der Waals surface area contributed by atoms with E-state index in [0.717, 1.165) is 11.4 Å². The molecule has 0 bridgehead atoms. The van der Waals surface area contributed by atoms with Gasteiger partial charge >= 0.3 is 0 Å². The number of rotatable bonds is 3. The van der Waals surface area contributed by atoms with Crippen LogP contribution in [0, 0.1) is 20.8 Å². The number of nitrogens with zero attached hydrogens (tertiary/aromatic N) is 1. The molecule has 1 rings (SSSR count). The van der Waals surface area contributed by atoms with Crippen LogP contribution < -0.4 is 5.32 Å². The van der Waals surface area contributed by atoms with Crippen LogP contribution in [0.2, 0.25) is 0 Å². The Morgan fingerprint density at radius 1 is 1.13 bits per heavy atom. The Morgan fingerprint density at radius 2 is 1.73 bits per heavy atom. The van der Waals surface area contributed by atoms with Crippen molar-refractivity contribution in [3.8, 4) is 0 Å². The molecule has 1 aromatic rings. The highest BCUT2D eigenvalue weighted by atomic mass is 14.9. The molecular weight excluding hydrogens is 184 g/mol. The highest BCUT2D eigenvalue weighted by molar-refractivity contribution is 5.33. The fourth-order valence-corrected chi connectivity index (χ4v) is 2.27. The molecule has 2 heteroatoms. The molecule has 1 unspecified atom stereocenters. The summed E-state index contributed by atoms with van der Waals surface area (Å²) in [5.74, 6) is 0. The number of aromatic nitrogens is 1. The molecule has 0 aliphatic carbocycles. The Morgan fingerprint density at radius 3 is 2.20 bits per heavy atom. The van der Waals surface area contributed by atoms with Gasteiger partial charge in [-0.15, -0.1) is 0 Å². The van der Waals surface area contributed by atoms with Crippen LogP contribution in [0.3, 0.4) is 0 Å². The maximum absolute atomic E-state index is 4.52. The van der Waals surface area contributed by atoms with Crippen molar-refractivity contribution in [3.63, 3.8) is 0 Å². The molecule has 0 aromatic carbocycles. The van der Waals surface area contributed by atoms with Gasteiger partial charge in [-0.05, 0) is 44.9 Å². The topological polar surface area (TPSA) is 24.9 Å². The summed E-state index contributed by atoms with van der Waals surface area (Å²) in [6, 6.07) is 3.03. The summed E-state index contributed by atoms with van der Waals surface area (Å²) in [5, 5.41) is 3.52. The molecule has 0 saturated carbocycles. The van der Waals surface area contributed by atoms with E-state index >= 15 is 0 Å². The Bertz CT molecular complexity index is 319. The fraction of sp³-hybridized carbons (Fsp3) is 0.615. The molecule has 0 saturated heterocycles. The van der Waals surface area contributed by atoms with Gasteiger partial charge in [-0.1, -0.05) is 13.8 Å². The van der Waals surface area contributed by atoms with Crippen LogP contribution in [0.5, 0.6) is 0 Å². The van der Waals surface area contributed by atoms with Gasteiger partial charge in [0.05, 0.1) is 0 Å². The lowest BCUT2D eigenvalue weighted by Crippen LogP contribution is -2.27. The van der Waals surface area contributed by atoms with Crippen LogP contribution in [-0.2, 0) is 0 Å². The van der Waals surface area contributed by atoms with E-state index in [4.69, 9.17) is 0 Å². The average molecular weight is 206 g/mol. The summed E-state index contributed by atoms with van der Waals surface area (Å²) in [6.07, 6.45) is 0. The van der Waals surface area contributed by atoms with E-state index < -0.39 is 0 Å². The first-order valence-electron chi connectivity index (χ1n) is 5.62. The van der Waals surface area contributed by atoms with Gasteiger partial charge in [0.2, 0.25) is 0 Å². The van der Waals surface area contributed by atoms with Gasteiger partial charge < -0.3 is 5.32 Å². The molecule has 15 heavy (non-hydrogen) atoms. The third-order valence-corrected chi connectivity index (χ3v) is 2.60. The van der Waals surface area contributed by atoms with Crippen LogP contribution in [-0.4, -0.2) is 11.0 Å². The predicted molar refractivity (Wildman–Crippen MR) is 65.1 cm³/mol. The lowest BCUT2D eigenvalue weighted by atomic mass is 10.00. The normalized spacial score (nSPS) is 13.3. The number of pyridine rings is 1. The second-order valence-electron chi connectivity index (χ2n) is 4.62. The highest BCUT2D eigenvalue weighted by Gasteiger charge is 2.13. The summed E-state index contributed by atoms with van der Waals surface area (Å²) >= 11 is 0. The smallest absolute Gasteiger partial charge is 0.0426 e. The second kappa shape index (κ2) is 4.75. The Balaban J connectivity index is 3.03. The molecule has 84 valence electrons.